The Morgan fingerprint density at radius 3 is 1.79 bits per heavy atom. The maximum absolute atomic E-state index is 10.8. The zero-order valence-corrected chi connectivity index (χ0v) is 8.96. The molecule has 0 aliphatic rings. The van der Waals surface area contributed by atoms with Crippen LogP contribution in [0.3, 0.4) is 0 Å². The number of aromatic hydroxyl groups is 2. The smallest absolute Gasteiger partial charge is 0.160 e. The first-order chi connectivity index (χ1) is 6.52. The van der Waals surface area contributed by atoms with Crippen LogP contribution in [0.25, 0.3) is 0 Å². The molecule has 0 saturated heterocycles. The summed E-state index contributed by atoms with van der Waals surface area (Å²) in [6.07, 6.45) is 0. The first-order valence-electron chi connectivity index (χ1n) is 4.56. The van der Waals surface area contributed by atoms with E-state index in [0.29, 0.717) is 11.1 Å². The first kappa shape index (κ1) is 12.5. The fraction of sp³-hybridized carbons (Fsp3) is 0.364. The topological polar surface area (TPSA) is 57.5 Å². The van der Waals surface area contributed by atoms with Crippen molar-refractivity contribution in [3.05, 3.63) is 23.3 Å². The van der Waals surface area contributed by atoms with Crippen LogP contribution in [0.2, 0.25) is 0 Å². The summed E-state index contributed by atoms with van der Waals surface area (Å²) in [5.41, 5.74) is 0.704. The monoisotopic (exact) mass is 196 g/mol. The molecule has 0 aliphatic heterocycles. The number of phenolic OH excluding ortho intramolecular Hbond substituents is 2. The Morgan fingerprint density at radius 1 is 1.14 bits per heavy atom. The molecule has 0 amide bonds. The first-order valence-corrected chi connectivity index (χ1v) is 4.56. The second kappa shape index (κ2) is 5.27. The van der Waals surface area contributed by atoms with E-state index in [4.69, 9.17) is 0 Å². The molecule has 0 saturated carbocycles. The second-order valence-corrected chi connectivity index (χ2v) is 2.70. The van der Waals surface area contributed by atoms with Crippen molar-refractivity contribution in [2.75, 3.05) is 0 Å². The molecule has 0 aromatic heterocycles. The Bertz CT molecular complexity index is 306. The molecule has 78 valence electrons. The SMILES string of the molecule is CC.CC(=O)c1cc(O)c(C)c(O)c1. The summed E-state index contributed by atoms with van der Waals surface area (Å²) in [4.78, 5) is 10.8. The summed E-state index contributed by atoms with van der Waals surface area (Å²) in [6.45, 7) is 6.96. The third-order valence-electron chi connectivity index (χ3n) is 1.76. The molecule has 0 heterocycles. The third-order valence-corrected chi connectivity index (χ3v) is 1.76. The fourth-order valence-electron chi connectivity index (χ4n) is 0.887. The number of benzene rings is 1. The van der Waals surface area contributed by atoms with E-state index in [9.17, 15) is 15.0 Å². The summed E-state index contributed by atoms with van der Waals surface area (Å²) < 4.78 is 0. The molecule has 0 unspecified atom stereocenters. The predicted octanol–water partition coefficient (Wildman–Crippen LogP) is 2.64. The highest BCUT2D eigenvalue weighted by molar-refractivity contribution is 5.95. The number of carbonyl (C=O) groups excluding carboxylic acids is 1. The molecule has 0 spiro atoms. The van der Waals surface area contributed by atoms with Crippen molar-refractivity contribution in [1.82, 2.24) is 0 Å². The van der Waals surface area contributed by atoms with Crippen LogP contribution in [-0.2, 0) is 0 Å². The van der Waals surface area contributed by atoms with Gasteiger partial charge in [0, 0.05) is 11.1 Å². The molecule has 14 heavy (non-hydrogen) atoms. The highest BCUT2D eigenvalue weighted by atomic mass is 16.3. The number of phenols is 2. The van der Waals surface area contributed by atoms with Crippen LogP contribution in [0.15, 0.2) is 12.1 Å². The highest BCUT2D eigenvalue weighted by Gasteiger charge is 2.07. The lowest BCUT2D eigenvalue weighted by molar-refractivity contribution is 0.101. The van der Waals surface area contributed by atoms with Crippen molar-refractivity contribution in [1.29, 1.82) is 0 Å². The number of rotatable bonds is 1. The van der Waals surface area contributed by atoms with Gasteiger partial charge >= 0.3 is 0 Å². The van der Waals surface area contributed by atoms with Crippen LogP contribution >= 0.6 is 0 Å². The van der Waals surface area contributed by atoms with Gasteiger partial charge in [0.1, 0.15) is 11.5 Å². The molecule has 1 aromatic carbocycles. The number of hydrogen-bond acceptors (Lipinski definition) is 3. The zero-order chi connectivity index (χ0) is 11.3. The van der Waals surface area contributed by atoms with E-state index in [0.717, 1.165) is 0 Å². The molecule has 0 aliphatic carbocycles. The molecular weight excluding hydrogens is 180 g/mol. The molecule has 3 nitrogen and oxygen atoms in total. The van der Waals surface area contributed by atoms with Crippen LogP contribution < -0.4 is 0 Å². The van der Waals surface area contributed by atoms with Gasteiger partial charge in [0.15, 0.2) is 5.78 Å². The van der Waals surface area contributed by atoms with Crippen molar-refractivity contribution >= 4 is 5.78 Å². The van der Waals surface area contributed by atoms with E-state index < -0.39 is 0 Å². The van der Waals surface area contributed by atoms with Gasteiger partial charge in [0.25, 0.3) is 0 Å². The van der Waals surface area contributed by atoms with Crippen LogP contribution in [0.5, 0.6) is 11.5 Å². The number of Topliss-reactive ketones (excluding diaryl/α,β-unsaturated/α-hetero) is 1. The minimum Gasteiger partial charge on any atom is -0.508 e. The largest absolute Gasteiger partial charge is 0.508 e. The molecule has 0 atom stereocenters. The van der Waals surface area contributed by atoms with Crippen LogP contribution in [0.1, 0.15) is 36.7 Å². The van der Waals surface area contributed by atoms with Gasteiger partial charge in [-0.2, -0.15) is 0 Å². The maximum atomic E-state index is 10.8. The van der Waals surface area contributed by atoms with E-state index in [1.807, 2.05) is 13.8 Å². The summed E-state index contributed by atoms with van der Waals surface area (Å²) in [5, 5.41) is 18.4. The third kappa shape index (κ3) is 2.76. The Hall–Kier alpha value is -1.51. The molecule has 2 N–H and O–H groups in total. The summed E-state index contributed by atoms with van der Waals surface area (Å²) in [6, 6.07) is 2.69. The van der Waals surface area contributed by atoms with Crippen molar-refractivity contribution in [2.45, 2.75) is 27.7 Å². The minimum atomic E-state index is -0.180. The Labute approximate surface area is 84.0 Å². The molecule has 1 aromatic rings. The predicted molar refractivity (Wildman–Crippen MR) is 55.9 cm³/mol. The minimum absolute atomic E-state index is 0.0554. The van der Waals surface area contributed by atoms with Gasteiger partial charge in [-0.05, 0) is 26.0 Å². The lowest BCUT2D eigenvalue weighted by Crippen LogP contribution is -1.92. The van der Waals surface area contributed by atoms with Crippen molar-refractivity contribution in [2.24, 2.45) is 0 Å². The standard InChI is InChI=1S/C9H10O3.C2H6/c1-5-8(11)3-7(6(2)10)4-9(5)12;1-2/h3-4,11-12H,1-2H3;1-2H3. The average molecular weight is 196 g/mol. The lowest BCUT2D eigenvalue weighted by atomic mass is 10.1. The van der Waals surface area contributed by atoms with Crippen molar-refractivity contribution in [3.63, 3.8) is 0 Å². The molecule has 0 bridgehead atoms. The Balaban J connectivity index is 0.000000791. The zero-order valence-electron chi connectivity index (χ0n) is 8.96. The van der Waals surface area contributed by atoms with Crippen LogP contribution in [-0.4, -0.2) is 16.0 Å². The maximum Gasteiger partial charge on any atom is 0.160 e. The normalized spacial score (nSPS) is 8.86. The quantitative estimate of drug-likeness (QED) is 0.679. The van der Waals surface area contributed by atoms with Crippen molar-refractivity contribution in [3.8, 4) is 11.5 Å². The van der Waals surface area contributed by atoms with Gasteiger partial charge in [-0.3, -0.25) is 4.79 Å². The van der Waals surface area contributed by atoms with E-state index in [-0.39, 0.29) is 17.3 Å². The summed E-state index contributed by atoms with van der Waals surface area (Å²) >= 11 is 0. The van der Waals surface area contributed by atoms with Crippen LogP contribution in [0.4, 0.5) is 0 Å². The van der Waals surface area contributed by atoms with E-state index in [2.05, 4.69) is 0 Å². The van der Waals surface area contributed by atoms with Gasteiger partial charge in [-0.15, -0.1) is 0 Å². The number of ketones is 1. The molecule has 0 fully saturated rings. The van der Waals surface area contributed by atoms with Gasteiger partial charge in [-0.1, -0.05) is 13.8 Å². The summed E-state index contributed by atoms with van der Waals surface area (Å²) in [5.74, 6) is -0.291. The summed E-state index contributed by atoms with van der Waals surface area (Å²) in [7, 11) is 0. The van der Waals surface area contributed by atoms with Gasteiger partial charge < -0.3 is 10.2 Å². The Kier molecular flexibility index (Phi) is 4.70. The van der Waals surface area contributed by atoms with Crippen molar-refractivity contribution < 1.29 is 15.0 Å². The number of hydrogen-bond donors (Lipinski definition) is 2. The average Bonchev–Trinajstić information content (AvgIpc) is 2.16. The Morgan fingerprint density at radius 2 is 1.50 bits per heavy atom. The van der Waals surface area contributed by atoms with Crippen LogP contribution in [0, 0.1) is 6.92 Å². The number of carbonyl (C=O) groups is 1. The lowest BCUT2D eigenvalue weighted by Gasteiger charge is -2.03. The molecular formula is C11H16O3. The molecule has 1 rings (SSSR count). The fourth-order valence-corrected chi connectivity index (χ4v) is 0.887. The van der Waals surface area contributed by atoms with Gasteiger partial charge in [0.2, 0.25) is 0 Å². The van der Waals surface area contributed by atoms with Gasteiger partial charge in [-0.25, -0.2) is 0 Å². The molecule has 0 radical (unpaired) electrons. The van der Waals surface area contributed by atoms with E-state index in [1.54, 1.807) is 6.92 Å². The highest BCUT2D eigenvalue weighted by Crippen LogP contribution is 2.27. The van der Waals surface area contributed by atoms with E-state index >= 15 is 0 Å². The second-order valence-electron chi connectivity index (χ2n) is 2.70. The molecule has 3 heteroatoms. The van der Waals surface area contributed by atoms with Gasteiger partial charge in [0.05, 0.1) is 0 Å². The van der Waals surface area contributed by atoms with E-state index in [1.165, 1.54) is 19.1 Å².